The molecule has 6 heteroatoms. The van der Waals surface area contributed by atoms with Crippen LogP contribution in [0.15, 0.2) is 0 Å². The largest absolute Gasteiger partial charge is 0.458 e. The van der Waals surface area contributed by atoms with Crippen LogP contribution in [-0.2, 0) is 19.1 Å². The minimum absolute atomic E-state index is 0.0555. The van der Waals surface area contributed by atoms with Crippen molar-refractivity contribution in [3.8, 4) is 0 Å². The van der Waals surface area contributed by atoms with Gasteiger partial charge in [-0.05, 0) is 67.6 Å². The first-order valence-electron chi connectivity index (χ1n) is 11.1. The number of rotatable bonds is 3. The van der Waals surface area contributed by atoms with Gasteiger partial charge in [-0.15, -0.1) is 0 Å². The van der Waals surface area contributed by atoms with Crippen LogP contribution in [0.5, 0.6) is 0 Å². The van der Waals surface area contributed by atoms with Gasteiger partial charge in [-0.3, -0.25) is 14.4 Å². The summed E-state index contributed by atoms with van der Waals surface area (Å²) in [5.74, 6) is 0.182. The van der Waals surface area contributed by atoms with Crippen LogP contribution in [0.3, 0.4) is 0 Å². The highest BCUT2D eigenvalue weighted by molar-refractivity contribution is 5.91. The molecule has 0 aliphatic heterocycles. The van der Waals surface area contributed by atoms with Gasteiger partial charge >= 0.3 is 5.97 Å². The molecular formula is C23H34O6. The molecule has 0 saturated heterocycles. The fourth-order valence-corrected chi connectivity index (χ4v) is 7.92. The van der Waals surface area contributed by atoms with E-state index in [1.807, 2.05) is 6.92 Å². The second kappa shape index (κ2) is 6.88. The monoisotopic (exact) mass is 406 g/mol. The van der Waals surface area contributed by atoms with E-state index in [0.717, 1.165) is 25.7 Å². The first kappa shape index (κ1) is 21.0. The van der Waals surface area contributed by atoms with E-state index in [2.05, 4.69) is 6.92 Å². The highest BCUT2D eigenvalue weighted by atomic mass is 16.5. The summed E-state index contributed by atoms with van der Waals surface area (Å²) < 4.78 is 4.89. The average molecular weight is 407 g/mol. The normalized spacial score (nSPS) is 49.0. The Balaban J connectivity index is 1.63. The lowest BCUT2D eigenvalue weighted by Crippen LogP contribution is -2.63. The molecule has 0 heterocycles. The topological polar surface area (TPSA) is 101 Å². The molecule has 2 N–H and O–H groups in total. The third-order valence-corrected chi connectivity index (χ3v) is 9.43. The SMILES string of the molecule is CC(=O)OCC(=O)[C@@]1(O)CCC2C3CC[C@H]4CC(=O)CCC4(C)C3C(O)CC21C. The molecule has 0 spiro atoms. The molecule has 29 heavy (non-hydrogen) atoms. The summed E-state index contributed by atoms with van der Waals surface area (Å²) in [7, 11) is 0. The summed E-state index contributed by atoms with van der Waals surface area (Å²) in [5.41, 5.74) is -2.35. The Morgan fingerprint density at radius 3 is 2.59 bits per heavy atom. The van der Waals surface area contributed by atoms with Crippen molar-refractivity contribution < 1.29 is 29.3 Å². The minimum Gasteiger partial charge on any atom is -0.458 e. The van der Waals surface area contributed by atoms with Gasteiger partial charge in [-0.25, -0.2) is 0 Å². The Morgan fingerprint density at radius 1 is 1.17 bits per heavy atom. The molecule has 6 unspecified atom stereocenters. The van der Waals surface area contributed by atoms with Crippen molar-refractivity contribution >= 4 is 17.5 Å². The number of carbonyl (C=O) groups excluding carboxylic acids is 3. The van der Waals surface area contributed by atoms with Crippen LogP contribution in [0.25, 0.3) is 0 Å². The fourth-order valence-electron chi connectivity index (χ4n) is 7.92. The molecule has 4 aliphatic carbocycles. The quantitative estimate of drug-likeness (QED) is 0.698. The van der Waals surface area contributed by atoms with Gasteiger partial charge in [0.1, 0.15) is 11.4 Å². The maximum atomic E-state index is 12.9. The zero-order valence-electron chi connectivity index (χ0n) is 17.8. The number of hydrogen-bond donors (Lipinski definition) is 2. The number of ketones is 2. The van der Waals surface area contributed by atoms with Crippen LogP contribution in [0.4, 0.5) is 0 Å². The van der Waals surface area contributed by atoms with Crippen LogP contribution < -0.4 is 0 Å². The molecule has 0 aromatic rings. The molecule has 0 aromatic carbocycles. The predicted molar refractivity (Wildman–Crippen MR) is 105 cm³/mol. The number of fused-ring (bicyclic) bond motifs is 5. The molecule has 6 nitrogen and oxygen atoms in total. The van der Waals surface area contributed by atoms with Crippen molar-refractivity contribution in [2.24, 2.45) is 34.5 Å². The zero-order valence-corrected chi connectivity index (χ0v) is 17.8. The van der Waals surface area contributed by atoms with E-state index in [0.29, 0.717) is 37.4 Å². The van der Waals surface area contributed by atoms with E-state index in [-0.39, 0.29) is 23.2 Å². The van der Waals surface area contributed by atoms with Crippen molar-refractivity contribution in [2.75, 3.05) is 6.61 Å². The lowest BCUT2D eigenvalue weighted by Gasteiger charge is -2.62. The van der Waals surface area contributed by atoms with Gasteiger partial charge in [-0.1, -0.05) is 13.8 Å². The summed E-state index contributed by atoms with van der Waals surface area (Å²) in [5, 5.41) is 22.8. The van der Waals surface area contributed by atoms with Gasteiger partial charge < -0.3 is 14.9 Å². The number of carbonyl (C=O) groups is 3. The Hall–Kier alpha value is -1.27. The predicted octanol–water partition coefficient (Wildman–Crippen LogP) is 2.43. The van der Waals surface area contributed by atoms with E-state index >= 15 is 0 Å². The summed E-state index contributed by atoms with van der Waals surface area (Å²) in [6.07, 6.45) is 4.81. The van der Waals surface area contributed by atoms with Gasteiger partial charge in [0.25, 0.3) is 0 Å². The number of esters is 1. The third kappa shape index (κ3) is 2.93. The van der Waals surface area contributed by atoms with Crippen molar-refractivity contribution in [3.63, 3.8) is 0 Å². The van der Waals surface area contributed by atoms with Crippen LogP contribution in [0, 0.1) is 34.5 Å². The van der Waals surface area contributed by atoms with Crippen molar-refractivity contribution in [1.29, 1.82) is 0 Å². The smallest absolute Gasteiger partial charge is 0.303 e. The Kier molecular flexibility index (Phi) is 4.97. The van der Waals surface area contributed by atoms with Gasteiger partial charge in [0.15, 0.2) is 6.61 Å². The van der Waals surface area contributed by atoms with Crippen molar-refractivity contribution in [2.45, 2.75) is 83.8 Å². The molecular weight excluding hydrogens is 372 g/mol. The van der Waals surface area contributed by atoms with Crippen molar-refractivity contribution in [3.05, 3.63) is 0 Å². The zero-order chi connectivity index (χ0) is 21.2. The lowest BCUT2D eigenvalue weighted by molar-refractivity contribution is -0.199. The number of aliphatic hydroxyl groups is 2. The second-order valence-electron chi connectivity index (χ2n) is 10.6. The first-order chi connectivity index (χ1) is 13.5. The maximum absolute atomic E-state index is 12.9. The molecule has 0 radical (unpaired) electrons. The molecule has 162 valence electrons. The summed E-state index contributed by atoms with van der Waals surface area (Å²) in [4.78, 5) is 36.1. The molecule has 8 atom stereocenters. The molecule has 4 saturated carbocycles. The highest BCUT2D eigenvalue weighted by Gasteiger charge is 2.68. The van der Waals surface area contributed by atoms with E-state index in [4.69, 9.17) is 4.74 Å². The Bertz CT molecular complexity index is 733. The van der Waals surface area contributed by atoms with Gasteiger partial charge in [-0.2, -0.15) is 0 Å². The second-order valence-corrected chi connectivity index (χ2v) is 10.6. The molecule has 0 bridgehead atoms. The maximum Gasteiger partial charge on any atom is 0.303 e. The van der Waals surface area contributed by atoms with E-state index in [9.17, 15) is 24.6 Å². The molecule has 4 rings (SSSR count). The fraction of sp³-hybridized carbons (Fsp3) is 0.870. The van der Waals surface area contributed by atoms with E-state index in [1.54, 1.807) is 0 Å². The number of ether oxygens (including phenoxy) is 1. The van der Waals surface area contributed by atoms with Gasteiger partial charge in [0.2, 0.25) is 5.78 Å². The Morgan fingerprint density at radius 2 is 1.90 bits per heavy atom. The number of hydrogen-bond acceptors (Lipinski definition) is 6. The molecule has 0 aromatic heterocycles. The minimum atomic E-state index is -1.57. The van der Waals surface area contributed by atoms with Crippen LogP contribution in [0.1, 0.15) is 72.1 Å². The average Bonchev–Trinajstić information content (AvgIpc) is 2.91. The summed E-state index contributed by atoms with van der Waals surface area (Å²) in [6.45, 7) is 5.02. The number of Topliss-reactive ketones (excluding diaryl/α,β-unsaturated/α-hetero) is 2. The highest BCUT2D eigenvalue weighted by Crippen LogP contribution is 2.68. The van der Waals surface area contributed by atoms with Crippen LogP contribution in [-0.4, -0.2) is 46.1 Å². The van der Waals surface area contributed by atoms with Crippen molar-refractivity contribution in [1.82, 2.24) is 0 Å². The van der Waals surface area contributed by atoms with E-state index in [1.165, 1.54) is 6.92 Å². The standard InChI is InChI=1S/C23H34O6/c1-13(24)29-12-19(27)23(28)9-7-17-16-5-4-14-10-15(25)6-8-21(14,2)20(16)18(26)11-22(17,23)3/h14,16-18,20,26,28H,4-12H2,1-3H3/t14-,16?,17?,18?,20?,21?,22?,23-/m0/s1. The van der Waals surface area contributed by atoms with E-state index < -0.39 is 35.5 Å². The molecule has 4 fully saturated rings. The number of aliphatic hydroxyl groups excluding tert-OH is 1. The third-order valence-electron chi connectivity index (χ3n) is 9.43. The first-order valence-corrected chi connectivity index (χ1v) is 11.1. The molecule has 4 aliphatic rings. The van der Waals surface area contributed by atoms with Gasteiger partial charge in [0, 0.05) is 25.2 Å². The van der Waals surface area contributed by atoms with Crippen LogP contribution >= 0.6 is 0 Å². The lowest BCUT2D eigenvalue weighted by atomic mass is 9.43. The summed E-state index contributed by atoms with van der Waals surface area (Å²) in [6, 6.07) is 0. The van der Waals surface area contributed by atoms with Gasteiger partial charge in [0.05, 0.1) is 6.10 Å². The van der Waals surface area contributed by atoms with Crippen LogP contribution in [0.2, 0.25) is 0 Å². The Labute approximate surface area is 172 Å². The summed E-state index contributed by atoms with van der Waals surface area (Å²) >= 11 is 0. The molecule has 0 amide bonds.